The molecule has 0 radical (unpaired) electrons. The Bertz CT molecular complexity index is 791. The van der Waals surface area contributed by atoms with Crippen LogP contribution < -0.4 is 5.32 Å². The zero-order valence-electron chi connectivity index (χ0n) is 14.4. The molecule has 8 heteroatoms. The number of epoxide rings is 1. The number of carbonyl (C=O) groups excluding carboxylic acids is 1. The topological polar surface area (TPSA) is 91.4 Å². The summed E-state index contributed by atoms with van der Waals surface area (Å²) in [6.45, 7) is 2.62. The predicted molar refractivity (Wildman–Crippen MR) is 95.1 cm³/mol. The van der Waals surface area contributed by atoms with Gasteiger partial charge < -0.3 is 15.0 Å². The fraction of sp³-hybridized carbons (Fsp3) is 0.529. The first kappa shape index (κ1) is 17.9. The van der Waals surface area contributed by atoms with E-state index < -0.39 is 16.1 Å². The lowest BCUT2D eigenvalue weighted by atomic mass is 10.2. The second kappa shape index (κ2) is 7.13. The summed E-state index contributed by atoms with van der Waals surface area (Å²) in [5.41, 5.74) is 0.420. The number of carbonyl (C=O) groups is 1. The van der Waals surface area contributed by atoms with Crippen molar-refractivity contribution >= 4 is 27.5 Å². The molecule has 2 saturated heterocycles. The fourth-order valence-corrected chi connectivity index (χ4v) is 3.98. The van der Waals surface area contributed by atoms with Crippen molar-refractivity contribution in [3.05, 3.63) is 24.3 Å². The van der Waals surface area contributed by atoms with Crippen LogP contribution in [0.15, 0.2) is 33.6 Å². The van der Waals surface area contributed by atoms with Gasteiger partial charge in [-0.25, -0.2) is 0 Å². The molecule has 1 aromatic rings. The maximum Gasteiger partial charge on any atom is 0.284 e. The van der Waals surface area contributed by atoms with Crippen LogP contribution in [0.25, 0.3) is 0 Å². The summed E-state index contributed by atoms with van der Waals surface area (Å²) in [6, 6.07) is 6.16. The van der Waals surface area contributed by atoms with Crippen molar-refractivity contribution in [2.45, 2.75) is 49.7 Å². The van der Waals surface area contributed by atoms with Crippen molar-refractivity contribution in [2.75, 3.05) is 18.9 Å². The second-order valence-electron chi connectivity index (χ2n) is 6.49. The highest BCUT2D eigenvalue weighted by Crippen LogP contribution is 2.24. The molecule has 136 valence electrons. The molecular formula is C17H23N3O4S. The molecule has 3 rings (SSSR count). The number of nitrogens with one attached hydrogen (secondary N) is 1. The van der Waals surface area contributed by atoms with Gasteiger partial charge in [-0.05, 0) is 38.0 Å². The summed E-state index contributed by atoms with van der Waals surface area (Å²) >= 11 is 0. The van der Waals surface area contributed by atoms with Gasteiger partial charge in [-0.1, -0.05) is 12.5 Å². The zero-order chi connectivity index (χ0) is 18.0. The van der Waals surface area contributed by atoms with Crippen LogP contribution in [0.3, 0.4) is 0 Å². The van der Waals surface area contributed by atoms with E-state index in [4.69, 9.17) is 4.74 Å². The Labute approximate surface area is 148 Å². The minimum absolute atomic E-state index is 0.0696. The number of likely N-dealkylation sites (tertiary alicyclic amines) is 1. The van der Waals surface area contributed by atoms with E-state index in [-0.39, 0.29) is 16.9 Å². The first-order valence-electron chi connectivity index (χ1n) is 8.48. The SMILES string of the molecule is C[C@@H]1O[C@H]1C(=O)Nc1cccc(S(=O)(=O)/N=C2\CCCCCN2C)c1. The molecule has 0 aromatic heterocycles. The van der Waals surface area contributed by atoms with Gasteiger partial charge in [0.1, 0.15) is 5.84 Å². The molecule has 0 saturated carbocycles. The van der Waals surface area contributed by atoms with E-state index in [1.807, 2.05) is 18.9 Å². The molecule has 1 amide bonds. The molecular weight excluding hydrogens is 342 g/mol. The average Bonchev–Trinajstić information content (AvgIpc) is 3.32. The molecule has 2 aliphatic rings. The highest BCUT2D eigenvalue weighted by Gasteiger charge is 2.41. The van der Waals surface area contributed by atoms with Gasteiger partial charge in [0.25, 0.3) is 15.9 Å². The van der Waals surface area contributed by atoms with Crippen LogP contribution in [0.2, 0.25) is 0 Å². The molecule has 0 unspecified atom stereocenters. The Kier molecular flexibility index (Phi) is 5.10. The molecule has 7 nitrogen and oxygen atoms in total. The molecule has 2 heterocycles. The summed E-state index contributed by atoms with van der Waals surface area (Å²) in [5.74, 6) is 0.323. The number of amides is 1. The molecule has 25 heavy (non-hydrogen) atoms. The number of anilines is 1. The van der Waals surface area contributed by atoms with Gasteiger partial charge in [0.05, 0.1) is 11.0 Å². The van der Waals surface area contributed by atoms with Crippen molar-refractivity contribution in [1.82, 2.24) is 4.90 Å². The van der Waals surface area contributed by atoms with Crippen molar-refractivity contribution < 1.29 is 17.9 Å². The van der Waals surface area contributed by atoms with Crippen LogP contribution in [0.4, 0.5) is 5.69 Å². The maximum absolute atomic E-state index is 12.6. The molecule has 2 fully saturated rings. The summed E-state index contributed by atoms with van der Waals surface area (Å²) in [7, 11) is -1.95. The lowest BCUT2D eigenvalue weighted by Gasteiger charge is -2.17. The van der Waals surface area contributed by atoms with Crippen molar-refractivity contribution in [3.8, 4) is 0 Å². The van der Waals surface area contributed by atoms with Crippen molar-refractivity contribution in [1.29, 1.82) is 0 Å². The second-order valence-corrected chi connectivity index (χ2v) is 8.10. The van der Waals surface area contributed by atoms with Gasteiger partial charge in [-0.3, -0.25) is 4.79 Å². The average molecular weight is 365 g/mol. The molecule has 0 aliphatic carbocycles. The van der Waals surface area contributed by atoms with Crippen LogP contribution in [0.1, 0.15) is 32.6 Å². The molecule has 0 bridgehead atoms. The summed E-state index contributed by atoms with van der Waals surface area (Å²) in [5, 5.41) is 2.68. The minimum Gasteiger partial charge on any atom is -0.362 e. The zero-order valence-corrected chi connectivity index (χ0v) is 15.3. The number of hydrogen-bond acceptors (Lipinski definition) is 4. The van der Waals surface area contributed by atoms with E-state index in [9.17, 15) is 13.2 Å². The Balaban J connectivity index is 1.80. The number of sulfonamides is 1. The van der Waals surface area contributed by atoms with Crippen molar-refractivity contribution in [2.24, 2.45) is 4.40 Å². The van der Waals surface area contributed by atoms with Gasteiger partial charge >= 0.3 is 0 Å². The van der Waals surface area contributed by atoms with Crippen LogP contribution in [-0.4, -0.2) is 50.9 Å². The summed E-state index contributed by atoms with van der Waals surface area (Å²) in [6.07, 6.45) is 3.16. The Morgan fingerprint density at radius 3 is 2.80 bits per heavy atom. The number of benzene rings is 1. The summed E-state index contributed by atoms with van der Waals surface area (Å²) < 4.78 is 34.4. The largest absolute Gasteiger partial charge is 0.362 e. The number of nitrogens with zero attached hydrogens (tertiary/aromatic N) is 2. The fourth-order valence-electron chi connectivity index (χ4n) is 2.84. The van der Waals surface area contributed by atoms with Gasteiger partial charge in [0, 0.05) is 25.7 Å². The lowest BCUT2D eigenvalue weighted by Crippen LogP contribution is -2.27. The molecule has 2 atom stereocenters. The molecule has 0 spiro atoms. The van der Waals surface area contributed by atoms with E-state index in [1.165, 1.54) is 12.1 Å². The summed E-state index contributed by atoms with van der Waals surface area (Å²) in [4.78, 5) is 13.9. The van der Waals surface area contributed by atoms with E-state index in [0.29, 0.717) is 17.9 Å². The third-order valence-corrected chi connectivity index (χ3v) is 5.73. The van der Waals surface area contributed by atoms with Crippen LogP contribution in [0, 0.1) is 0 Å². The number of ether oxygens (including phenoxy) is 1. The van der Waals surface area contributed by atoms with Gasteiger partial charge in [-0.2, -0.15) is 8.42 Å². The van der Waals surface area contributed by atoms with Gasteiger partial charge in [0.15, 0.2) is 6.10 Å². The Morgan fingerprint density at radius 2 is 2.08 bits per heavy atom. The van der Waals surface area contributed by atoms with E-state index in [2.05, 4.69) is 9.71 Å². The molecule has 2 aliphatic heterocycles. The molecule has 1 aromatic carbocycles. The van der Waals surface area contributed by atoms with Crippen LogP contribution in [0.5, 0.6) is 0 Å². The van der Waals surface area contributed by atoms with Gasteiger partial charge in [-0.15, -0.1) is 4.40 Å². The van der Waals surface area contributed by atoms with Gasteiger partial charge in [0.2, 0.25) is 0 Å². The van der Waals surface area contributed by atoms with Crippen LogP contribution >= 0.6 is 0 Å². The highest BCUT2D eigenvalue weighted by atomic mass is 32.2. The number of rotatable bonds is 4. The minimum atomic E-state index is -3.82. The highest BCUT2D eigenvalue weighted by molar-refractivity contribution is 7.90. The smallest absolute Gasteiger partial charge is 0.284 e. The monoisotopic (exact) mass is 365 g/mol. The predicted octanol–water partition coefficient (Wildman–Crippen LogP) is 2.01. The van der Waals surface area contributed by atoms with E-state index in [1.54, 1.807) is 12.1 Å². The Hall–Kier alpha value is -1.93. The van der Waals surface area contributed by atoms with E-state index in [0.717, 1.165) is 25.8 Å². The quantitative estimate of drug-likeness (QED) is 0.824. The Morgan fingerprint density at radius 1 is 1.32 bits per heavy atom. The normalized spacial score (nSPS) is 25.5. The molecule has 1 N–H and O–H groups in total. The number of amidine groups is 1. The third-order valence-electron chi connectivity index (χ3n) is 4.43. The van der Waals surface area contributed by atoms with Crippen molar-refractivity contribution in [3.63, 3.8) is 0 Å². The van der Waals surface area contributed by atoms with Crippen LogP contribution in [-0.2, 0) is 19.6 Å². The number of hydrogen-bond donors (Lipinski definition) is 1. The van der Waals surface area contributed by atoms with E-state index >= 15 is 0 Å². The first-order chi connectivity index (χ1) is 11.9. The third kappa shape index (κ3) is 4.38. The lowest BCUT2D eigenvalue weighted by molar-refractivity contribution is -0.117. The standard InChI is InChI=1S/C17H23N3O4S/c1-12-16(24-12)17(21)18-13-7-6-8-14(11-13)25(22,23)19-15-9-4-3-5-10-20(15)2/h6-8,11-12,16H,3-5,9-10H2,1-2H3,(H,18,21)/b19-15+/t12-,16+/m0/s1. The first-order valence-corrected chi connectivity index (χ1v) is 9.92. The maximum atomic E-state index is 12.6.